The van der Waals surface area contributed by atoms with E-state index in [9.17, 15) is 30.8 Å². The van der Waals surface area contributed by atoms with E-state index in [1.165, 1.54) is 23.1 Å². The van der Waals surface area contributed by atoms with E-state index in [4.69, 9.17) is 21.6 Å². The molecule has 0 unspecified atom stereocenters. The van der Waals surface area contributed by atoms with Crippen LogP contribution >= 0.6 is 11.6 Å². The summed E-state index contributed by atoms with van der Waals surface area (Å²) in [5.74, 6) is -0.738. The highest BCUT2D eigenvalue weighted by Crippen LogP contribution is 2.39. The van der Waals surface area contributed by atoms with Gasteiger partial charge in [0.1, 0.15) is 11.4 Å². The Morgan fingerprint density at radius 2 is 1.91 bits per heavy atom. The Balaban J connectivity index is 1.66. The Hall–Kier alpha value is -3.04. The summed E-state index contributed by atoms with van der Waals surface area (Å²) in [4.78, 5) is 12.9. The van der Waals surface area contributed by atoms with Gasteiger partial charge >= 0.3 is 12.3 Å². The zero-order chi connectivity index (χ0) is 25.6. The molecule has 1 saturated carbocycles. The average Bonchev–Trinajstić information content (AvgIpc) is 3.44. The molecule has 0 radical (unpaired) electrons. The standard InChI is InChI=1S/C22H18ClF4N3O4S/c23-16-9-13(5-6-17(16)24)30-11-14(10-19(30)34-20(31)29-21(12-28)7-8-21)35(32,33)18-4-2-1-3-15(18)22(25,26)27/h1-6,9,14,19H,7-8,10-11H2,(H,29,31)/t14-,19+/m1/s1. The van der Waals surface area contributed by atoms with Crippen molar-refractivity contribution in [2.45, 2.75) is 47.4 Å². The monoisotopic (exact) mass is 531 g/mol. The second kappa shape index (κ2) is 8.87. The van der Waals surface area contributed by atoms with Gasteiger partial charge in [0, 0.05) is 18.7 Å². The topological polar surface area (TPSA) is 99.5 Å². The molecule has 1 aliphatic carbocycles. The molecule has 2 fully saturated rings. The molecule has 35 heavy (non-hydrogen) atoms. The van der Waals surface area contributed by atoms with E-state index >= 15 is 0 Å². The van der Waals surface area contributed by atoms with Crippen molar-refractivity contribution in [3.8, 4) is 6.07 Å². The van der Waals surface area contributed by atoms with E-state index in [0.29, 0.717) is 18.9 Å². The summed E-state index contributed by atoms with van der Waals surface area (Å²) < 4.78 is 86.2. The lowest BCUT2D eigenvalue weighted by Crippen LogP contribution is -2.41. The normalized spacial score (nSPS) is 21.3. The molecule has 0 aromatic heterocycles. The molecule has 2 atom stereocenters. The summed E-state index contributed by atoms with van der Waals surface area (Å²) in [7, 11) is -4.54. The van der Waals surface area contributed by atoms with Gasteiger partial charge in [0.2, 0.25) is 0 Å². The fourth-order valence-corrected chi connectivity index (χ4v) is 5.97. The van der Waals surface area contributed by atoms with Crippen LogP contribution in [-0.4, -0.2) is 38.1 Å². The number of anilines is 1. The van der Waals surface area contributed by atoms with Gasteiger partial charge in [0.15, 0.2) is 16.1 Å². The first-order chi connectivity index (χ1) is 16.4. The van der Waals surface area contributed by atoms with Gasteiger partial charge in [0.25, 0.3) is 0 Å². The largest absolute Gasteiger partial charge is 0.425 e. The van der Waals surface area contributed by atoms with Gasteiger partial charge in [0.05, 0.1) is 26.8 Å². The predicted octanol–water partition coefficient (Wildman–Crippen LogP) is 4.66. The molecule has 0 spiro atoms. The molecule has 186 valence electrons. The van der Waals surface area contributed by atoms with Crippen LogP contribution < -0.4 is 10.2 Å². The second-order valence-corrected chi connectivity index (χ2v) is 10.9. The number of alkyl carbamates (subject to hydrolysis) is 1. The molecule has 0 bridgehead atoms. The van der Waals surface area contributed by atoms with E-state index < -0.39 is 55.4 Å². The summed E-state index contributed by atoms with van der Waals surface area (Å²) >= 11 is 5.85. The lowest BCUT2D eigenvalue weighted by atomic mass is 10.2. The van der Waals surface area contributed by atoms with Crippen LogP contribution in [0.4, 0.5) is 28.0 Å². The van der Waals surface area contributed by atoms with Gasteiger partial charge < -0.3 is 15.0 Å². The van der Waals surface area contributed by atoms with Crippen LogP contribution in [0.25, 0.3) is 0 Å². The van der Waals surface area contributed by atoms with E-state index in [-0.39, 0.29) is 23.7 Å². The van der Waals surface area contributed by atoms with Crippen molar-refractivity contribution in [3.05, 3.63) is 58.9 Å². The number of ether oxygens (including phenoxy) is 1. The van der Waals surface area contributed by atoms with Crippen LogP contribution in [0.3, 0.4) is 0 Å². The Morgan fingerprint density at radius 3 is 2.51 bits per heavy atom. The summed E-state index contributed by atoms with van der Waals surface area (Å²) in [6.45, 7) is -0.349. The van der Waals surface area contributed by atoms with Gasteiger partial charge in [-0.25, -0.2) is 17.6 Å². The minimum absolute atomic E-state index is 0.206. The fourth-order valence-electron chi connectivity index (χ4n) is 3.90. The molecule has 13 heteroatoms. The fraction of sp³-hybridized carbons (Fsp3) is 0.364. The number of nitriles is 1. The van der Waals surface area contributed by atoms with Crippen LogP contribution in [0, 0.1) is 17.1 Å². The van der Waals surface area contributed by atoms with E-state index in [0.717, 1.165) is 18.2 Å². The highest BCUT2D eigenvalue weighted by atomic mass is 35.5. The van der Waals surface area contributed by atoms with Gasteiger partial charge in [-0.1, -0.05) is 23.7 Å². The molecular weight excluding hydrogens is 514 g/mol. The number of benzene rings is 2. The number of amides is 1. The molecule has 2 aliphatic rings. The molecule has 4 rings (SSSR count). The molecule has 2 aromatic rings. The Labute approximate surface area is 203 Å². The molecule has 2 aromatic carbocycles. The number of nitrogens with zero attached hydrogens (tertiary/aromatic N) is 2. The Bertz CT molecular complexity index is 1310. The summed E-state index contributed by atoms with van der Waals surface area (Å²) in [6, 6.07) is 9.29. The van der Waals surface area contributed by atoms with E-state index in [1.54, 1.807) is 0 Å². The lowest BCUT2D eigenvalue weighted by Gasteiger charge is -2.27. The lowest BCUT2D eigenvalue weighted by molar-refractivity contribution is -0.139. The number of alkyl halides is 3. The van der Waals surface area contributed by atoms with Crippen molar-refractivity contribution in [2.24, 2.45) is 0 Å². The molecule has 1 saturated heterocycles. The first kappa shape index (κ1) is 25.1. The van der Waals surface area contributed by atoms with Gasteiger partial charge in [-0.3, -0.25) is 0 Å². The minimum Gasteiger partial charge on any atom is -0.425 e. The van der Waals surface area contributed by atoms with E-state index in [2.05, 4.69) is 5.32 Å². The summed E-state index contributed by atoms with van der Waals surface area (Å²) in [5, 5.41) is 9.92. The number of halogens is 5. The third-order valence-corrected chi connectivity index (χ3v) is 8.41. The highest BCUT2D eigenvalue weighted by Gasteiger charge is 2.48. The van der Waals surface area contributed by atoms with Crippen LogP contribution in [0.15, 0.2) is 47.4 Å². The van der Waals surface area contributed by atoms with Crippen molar-refractivity contribution in [1.29, 1.82) is 5.26 Å². The number of rotatable bonds is 5. The first-order valence-corrected chi connectivity index (χ1v) is 12.3. The Kier molecular flexibility index (Phi) is 6.36. The molecule has 1 aliphatic heterocycles. The third-order valence-electron chi connectivity index (χ3n) is 5.93. The number of carbonyl (C=O) groups is 1. The molecule has 1 heterocycles. The van der Waals surface area contributed by atoms with Crippen molar-refractivity contribution in [3.63, 3.8) is 0 Å². The van der Waals surface area contributed by atoms with Crippen molar-refractivity contribution >= 4 is 33.2 Å². The molecule has 1 N–H and O–H groups in total. The zero-order valence-electron chi connectivity index (χ0n) is 17.9. The van der Waals surface area contributed by atoms with Crippen molar-refractivity contribution < 1.29 is 35.5 Å². The minimum atomic E-state index is -4.90. The summed E-state index contributed by atoms with van der Waals surface area (Å²) in [6.07, 6.45) is -6.64. The van der Waals surface area contributed by atoms with Gasteiger partial charge in [-0.05, 0) is 43.2 Å². The summed E-state index contributed by atoms with van der Waals surface area (Å²) in [5.41, 5.74) is -2.16. The first-order valence-electron chi connectivity index (χ1n) is 10.4. The number of hydrogen-bond acceptors (Lipinski definition) is 6. The highest BCUT2D eigenvalue weighted by molar-refractivity contribution is 7.92. The van der Waals surface area contributed by atoms with Crippen molar-refractivity contribution in [1.82, 2.24) is 5.32 Å². The maximum absolute atomic E-state index is 13.7. The van der Waals surface area contributed by atoms with E-state index in [1.807, 2.05) is 6.07 Å². The quantitative estimate of drug-likeness (QED) is 0.563. The smallest absolute Gasteiger partial charge is 0.417 e. The maximum Gasteiger partial charge on any atom is 0.417 e. The van der Waals surface area contributed by atoms with Gasteiger partial charge in [-0.2, -0.15) is 18.4 Å². The average molecular weight is 532 g/mol. The van der Waals surface area contributed by atoms with Gasteiger partial charge in [-0.15, -0.1) is 0 Å². The number of hydrogen-bond donors (Lipinski definition) is 1. The molecular formula is C22H18ClF4N3O4S. The van der Waals surface area contributed by atoms with Crippen LogP contribution in [-0.2, 0) is 20.8 Å². The van der Waals surface area contributed by atoms with Crippen molar-refractivity contribution in [2.75, 3.05) is 11.4 Å². The number of carbonyl (C=O) groups excluding carboxylic acids is 1. The number of sulfone groups is 1. The van der Waals surface area contributed by atoms with Crippen LogP contribution in [0.2, 0.25) is 5.02 Å². The molecule has 7 nitrogen and oxygen atoms in total. The molecule has 1 amide bonds. The second-order valence-electron chi connectivity index (χ2n) is 8.33. The third kappa shape index (κ3) is 5.01. The van der Waals surface area contributed by atoms with Crippen LogP contribution in [0.1, 0.15) is 24.8 Å². The predicted molar refractivity (Wildman–Crippen MR) is 117 cm³/mol. The zero-order valence-corrected chi connectivity index (χ0v) is 19.4. The Morgan fingerprint density at radius 1 is 1.23 bits per heavy atom. The van der Waals surface area contributed by atoms with Crippen LogP contribution in [0.5, 0.6) is 0 Å². The SMILES string of the molecule is N#CC1(NC(=O)O[C@H]2C[C@@H](S(=O)(=O)c3ccccc3C(F)(F)F)CN2c2ccc(F)c(Cl)c2)CC1. The maximum atomic E-state index is 13.7. The number of nitrogens with one attached hydrogen (secondary N) is 1.